The molecule has 2 N–H and O–H groups in total. The van der Waals surface area contributed by atoms with Crippen molar-refractivity contribution >= 4 is 11.6 Å². The summed E-state index contributed by atoms with van der Waals surface area (Å²) in [7, 11) is 0. The molecule has 0 bridgehead atoms. The highest BCUT2D eigenvalue weighted by Crippen LogP contribution is 2.16. The highest BCUT2D eigenvalue weighted by molar-refractivity contribution is 5.95. The molecule has 0 saturated heterocycles. The van der Waals surface area contributed by atoms with E-state index in [1.165, 1.54) is 18.5 Å². The summed E-state index contributed by atoms with van der Waals surface area (Å²) in [6.07, 6.45) is 1.90. The molecule has 2 aromatic rings. The predicted molar refractivity (Wildman–Crippen MR) is 70.3 cm³/mol. The normalized spacial score (nSPS) is 10.2. The molecule has 20 heavy (non-hydrogen) atoms. The number of hydrogen-bond acceptors (Lipinski definition) is 5. The van der Waals surface area contributed by atoms with Crippen molar-refractivity contribution in [2.45, 2.75) is 13.3 Å². The van der Waals surface area contributed by atoms with Crippen molar-refractivity contribution in [2.24, 2.45) is 0 Å². The summed E-state index contributed by atoms with van der Waals surface area (Å²) in [5, 5.41) is 19.8. The van der Waals surface area contributed by atoms with Crippen LogP contribution in [0.2, 0.25) is 0 Å². The zero-order valence-electron chi connectivity index (χ0n) is 10.8. The van der Waals surface area contributed by atoms with Gasteiger partial charge in [0.2, 0.25) is 0 Å². The van der Waals surface area contributed by atoms with Crippen molar-refractivity contribution in [2.75, 3.05) is 6.54 Å². The second-order valence-corrected chi connectivity index (χ2v) is 4.25. The number of H-pyrrole nitrogens is 1. The van der Waals surface area contributed by atoms with E-state index in [4.69, 9.17) is 0 Å². The number of rotatable bonds is 5. The summed E-state index contributed by atoms with van der Waals surface area (Å²) in [4.78, 5) is 26.1. The van der Waals surface area contributed by atoms with Crippen molar-refractivity contribution in [3.63, 3.8) is 0 Å². The average molecular weight is 275 g/mol. The first-order valence-corrected chi connectivity index (χ1v) is 5.95. The Kier molecular flexibility index (Phi) is 4.04. The van der Waals surface area contributed by atoms with E-state index in [-0.39, 0.29) is 17.2 Å². The molecule has 0 aliphatic rings. The van der Waals surface area contributed by atoms with Gasteiger partial charge in [-0.1, -0.05) is 0 Å². The van der Waals surface area contributed by atoms with Crippen LogP contribution in [-0.2, 0) is 6.42 Å². The lowest BCUT2D eigenvalue weighted by Crippen LogP contribution is -2.26. The summed E-state index contributed by atoms with van der Waals surface area (Å²) in [5.74, 6) is 0.317. The number of carbonyl (C=O) groups excluding carboxylic acids is 1. The van der Waals surface area contributed by atoms with Gasteiger partial charge >= 0.3 is 0 Å². The lowest BCUT2D eigenvalue weighted by Gasteiger charge is -2.05. The molecule has 0 spiro atoms. The number of amides is 1. The molecule has 0 aliphatic carbocycles. The van der Waals surface area contributed by atoms with Crippen LogP contribution in [0.4, 0.5) is 5.69 Å². The molecule has 0 fully saturated rings. The van der Waals surface area contributed by atoms with Crippen LogP contribution in [0.1, 0.15) is 21.7 Å². The van der Waals surface area contributed by atoms with Crippen LogP contribution in [0.3, 0.4) is 0 Å². The minimum absolute atomic E-state index is 0.0922. The molecule has 0 atom stereocenters. The molecule has 0 aliphatic heterocycles. The van der Waals surface area contributed by atoms with Gasteiger partial charge in [-0.05, 0) is 18.6 Å². The Bertz CT molecular complexity index is 624. The van der Waals surface area contributed by atoms with E-state index in [0.29, 0.717) is 24.4 Å². The van der Waals surface area contributed by atoms with Crippen LogP contribution in [0.5, 0.6) is 0 Å². The van der Waals surface area contributed by atoms with Crippen LogP contribution in [0.25, 0.3) is 0 Å². The highest BCUT2D eigenvalue weighted by Gasteiger charge is 2.13. The van der Waals surface area contributed by atoms with Crippen LogP contribution in [-0.4, -0.2) is 32.6 Å². The Hall–Kier alpha value is -2.77. The van der Waals surface area contributed by atoms with Gasteiger partial charge in [-0.2, -0.15) is 5.10 Å². The second kappa shape index (κ2) is 5.91. The number of nitro groups is 1. The third kappa shape index (κ3) is 3.37. The van der Waals surface area contributed by atoms with E-state index in [1.807, 2.05) is 0 Å². The Morgan fingerprint density at radius 3 is 2.90 bits per heavy atom. The van der Waals surface area contributed by atoms with E-state index in [1.54, 1.807) is 13.0 Å². The second-order valence-electron chi connectivity index (χ2n) is 4.25. The molecule has 8 heteroatoms. The number of aromatic amines is 1. The first kappa shape index (κ1) is 13.7. The molecule has 8 nitrogen and oxygen atoms in total. The molecular formula is C12H13N5O3. The molecule has 0 radical (unpaired) electrons. The van der Waals surface area contributed by atoms with Gasteiger partial charge < -0.3 is 5.32 Å². The van der Waals surface area contributed by atoms with Crippen LogP contribution in [0.15, 0.2) is 24.5 Å². The van der Waals surface area contributed by atoms with E-state index < -0.39 is 4.92 Å². The van der Waals surface area contributed by atoms with E-state index >= 15 is 0 Å². The summed E-state index contributed by atoms with van der Waals surface area (Å²) in [6, 6.07) is 4.29. The molecule has 1 aromatic carbocycles. The zero-order chi connectivity index (χ0) is 14.5. The standard InChI is InChI=1S/C12H13N5O3/c1-8-4-9(6-10(5-8)17(19)20)12(18)13-3-2-11-14-7-15-16-11/h4-7H,2-3H2,1H3,(H,13,18)(H,14,15,16). The number of aromatic nitrogens is 3. The number of carbonyl (C=O) groups is 1. The Labute approximate surface area is 114 Å². The SMILES string of the molecule is Cc1cc(C(=O)NCCc2ncn[nH]2)cc([N+](=O)[O-])c1. The van der Waals surface area contributed by atoms with E-state index in [9.17, 15) is 14.9 Å². The summed E-state index contributed by atoms with van der Waals surface area (Å²) >= 11 is 0. The Balaban J connectivity index is 2.00. The third-order valence-electron chi connectivity index (χ3n) is 2.65. The molecule has 2 rings (SSSR count). The fourth-order valence-corrected chi connectivity index (χ4v) is 1.75. The van der Waals surface area contributed by atoms with Gasteiger partial charge in [0.1, 0.15) is 12.2 Å². The Morgan fingerprint density at radius 1 is 1.45 bits per heavy atom. The lowest BCUT2D eigenvalue weighted by molar-refractivity contribution is -0.384. The van der Waals surface area contributed by atoms with Gasteiger partial charge in [0.05, 0.1) is 4.92 Å². The fraction of sp³-hybridized carbons (Fsp3) is 0.250. The van der Waals surface area contributed by atoms with Crippen LogP contribution < -0.4 is 5.32 Å². The topological polar surface area (TPSA) is 114 Å². The maximum atomic E-state index is 11.9. The number of nitrogens with zero attached hydrogens (tertiary/aromatic N) is 3. The minimum Gasteiger partial charge on any atom is -0.352 e. The van der Waals surface area contributed by atoms with Gasteiger partial charge in [-0.3, -0.25) is 20.0 Å². The molecule has 104 valence electrons. The number of non-ortho nitro benzene ring substituents is 1. The van der Waals surface area contributed by atoms with Crippen molar-refractivity contribution in [1.82, 2.24) is 20.5 Å². The minimum atomic E-state index is -0.516. The van der Waals surface area contributed by atoms with Crippen LogP contribution in [0, 0.1) is 17.0 Å². The maximum absolute atomic E-state index is 11.9. The van der Waals surface area contributed by atoms with Crippen molar-refractivity contribution in [1.29, 1.82) is 0 Å². The van der Waals surface area contributed by atoms with Gasteiger partial charge in [0.25, 0.3) is 11.6 Å². The molecule has 0 saturated carbocycles. The van der Waals surface area contributed by atoms with Gasteiger partial charge in [0, 0.05) is 30.7 Å². The van der Waals surface area contributed by atoms with Crippen molar-refractivity contribution in [3.05, 3.63) is 51.6 Å². The average Bonchev–Trinajstić information content (AvgIpc) is 2.91. The third-order valence-corrected chi connectivity index (χ3v) is 2.65. The number of benzene rings is 1. The van der Waals surface area contributed by atoms with Crippen molar-refractivity contribution < 1.29 is 9.72 Å². The van der Waals surface area contributed by atoms with E-state index in [2.05, 4.69) is 20.5 Å². The first-order chi connectivity index (χ1) is 9.56. The lowest BCUT2D eigenvalue weighted by atomic mass is 10.1. The number of nitrogens with one attached hydrogen (secondary N) is 2. The van der Waals surface area contributed by atoms with Gasteiger partial charge in [-0.15, -0.1) is 0 Å². The predicted octanol–water partition coefficient (Wildman–Crippen LogP) is 0.994. The molecular weight excluding hydrogens is 262 g/mol. The maximum Gasteiger partial charge on any atom is 0.270 e. The zero-order valence-corrected chi connectivity index (χ0v) is 10.8. The number of nitro benzene ring substituents is 1. The van der Waals surface area contributed by atoms with E-state index in [0.717, 1.165) is 0 Å². The molecule has 1 amide bonds. The Morgan fingerprint density at radius 2 is 2.25 bits per heavy atom. The quantitative estimate of drug-likeness (QED) is 0.624. The largest absolute Gasteiger partial charge is 0.352 e. The molecule has 0 unspecified atom stereocenters. The number of aryl methyl sites for hydroxylation is 1. The van der Waals surface area contributed by atoms with Gasteiger partial charge in [0.15, 0.2) is 0 Å². The number of hydrogen-bond donors (Lipinski definition) is 2. The monoisotopic (exact) mass is 275 g/mol. The highest BCUT2D eigenvalue weighted by atomic mass is 16.6. The fourth-order valence-electron chi connectivity index (χ4n) is 1.75. The summed E-state index contributed by atoms with van der Waals surface area (Å²) in [5.41, 5.74) is 0.847. The van der Waals surface area contributed by atoms with Crippen molar-refractivity contribution in [3.8, 4) is 0 Å². The van der Waals surface area contributed by atoms with Gasteiger partial charge in [-0.25, -0.2) is 4.98 Å². The molecule has 1 aromatic heterocycles. The van der Waals surface area contributed by atoms with Crippen LogP contribution >= 0.6 is 0 Å². The summed E-state index contributed by atoms with van der Waals surface area (Å²) < 4.78 is 0. The molecule has 1 heterocycles. The first-order valence-electron chi connectivity index (χ1n) is 5.95. The summed E-state index contributed by atoms with van der Waals surface area (Å²) in [6.45, 7) is 2.08. The smallest absolute Gasteiger partial charge is 0.270 e.